The van der Waals surface area contributed by atoms with Crippen molar-refractivity contribution >= 4 is 0 Å². The van der Waals surface area contributed by atoms with E-state index in [1.54, 1.807) is 18.2 Å². The first-order valence-corrected chi connectivity index (χ1v) is 4.15. The van der Waals surface area contributed by atoms with Crippen LogP contribution in [0, 0.1) is 0 Å². The van der Waals surface area contributed by atoms with Gasteiger partial charge in [0.1, 0.15) is 5.75 Å². The van der Waals surface area contributed by atoms with Gasteiger partial charge in [-0.25, -0.2) is 0 Å². The molecular weight excluding hydrogens is 188 g/mol. The topological polar surface area (TPSA) is 46.2 Å². The Labute approximate surface area is 80.7 Å². The molecule has 0 aliphatic heterocycles. The average molecular weight is 199 g/mol. The van der Waals surface area contributed by atoms with Crippen LogP contribution in [0.15, 0.2) is 35.9 Å². The number of para-hydroxylation sites is 1. The lowest BCUT2D eigenvalue weighted by molar-refractivity contribution is 0.407. The number of hydrogen-bond donors (Lipinski definition) is 2. The molecule has 0 aliphatic rings. The molecule has 0 heterocycles. The Hall–Kier alpha value is -1.42. The number of aromatic hydroxyl groups is 1. The van der Waals surface area contributed by atoms with Crippen LogP contribution in [0.3, 0.4) is 0 Å². The predicted octanol–water partition coefficient (Wildman–Crippen LogP) is 2.04. The maximum Gasteiger partial charge on any atom is 0.271 e. The van der Waals surface area contributed by atoms with Gasteiger partial charge in [0.25, 0.3) is 6.08 Å². The lowest BCUT2D eigenvalue weighted by atomic mass is 10.1. The van der Waals surface area contributed by atoms with Crippen LogP contribution < -0.4 is 5.73 Å². The summed E-state index contributed by atoms with van der Waals surface area (Å²) >= 11 is 0. The fourth-order valence-corrected chi connectivity index (χ4v) is 1.11. The van der Waals surface area contributed by atoms with Crippen molar-refractivity contribution in [3.8, 4) is 5.75 Å². The summed E-state index contributed by atoms with van der Waals surface area (Å²) in [5.41, 5.74) is 5.46. The first kappa shape index (κ1) is 10.7. The number of phenolic OH excluding ortho intramolecular Hbond substituents is 1. The summed E-state index contributed by atoms with van der Waals surface area (Å²) in [6.07, 6.45) is -1.78. The molecule has 0 aromatic heterocycles. The Morgan fingerprint density at radius 1 is 1.29 bits per heavy atom. The van der Waals surface area contributed by atoms with E-state index in [9.17, 15) is 13.9 Å². The van der Waals surface area contributed by atoms with Crippen molar-refractivity contribution < 1.29 is 13.9 Å². The van der Waals surface area contributed by atoms with Gasteiger partial charge in [0, 0.05) is 18.5 Å². The summed E-state index contributed by atoms with van der Waals surface area (Å²) in [4.78, 5) is 0. The molecule has 76 valence electrons. The molecule has 3 N–H and O–H groups in total. The van der Waals surface area contributed by atoms with Gasteiger partial charge in [-0.15, -0.1) is 0 Å². The van der Waals surface area contributed by atoms with Crippen molar-refractivity contribution in [2.75, 3.05) is 6.54 Å². The van der Waals surface area contributed by atoms with Gasteiger partial charge in [-0.1, -0.05) is 18.2 Å². The number of halogens is 2. The van der Waals surface area contributed by atoms with Gasteiger partial charge >= 0.3 is 0 Å². The van der Waals surface area contributed by atoms with E-state index in [-0.39, 0.29) is 24.3 Å². The van der Waals surface area contributed by atoms with E-state index in [0.29, 0.717) is 5.56 Å². The molecule has 0 saturated carbocycles. The monoisotopic (exact) mass is 199 g/mol. The summed E-state index contributed by atoms with van der Waals surface area (Å²) < 4.78 is 24.5. The van der Waals surface area contributed by atoms with E-state index < -0.39 is 6.08 Å². The Kier molecular flexibility index (Phi) is 3.59. The van der Waals surface area contributed by atoms with E-state index in [2.05, 4.69) is 0 Å². The van der Waals surface area contributed by atoms with Gasteiger partial charge in [-0.05, 0) is 11.6 Å². The van der Waals surface area contributed by atoms with Gasteiger partial charge < -0.3 is 10.8 Å². The van der Waals surface area contributed by atoms with Crippen LogP contribution in [-0.4, -0.2) is 11.7 Å². The minimum absolute atomic E-state index is 0.00843. The van der Waals surface area contributed by atoms with E-state index in [4.69, 9.17) is 5.73 Å². The molecule has 0 spiro atoms. The molecule has 0 aliphatic carbocycles. The van der Waals surface area contributed by atoms with Gasteiger partial charge in [0.15, 0.2) is 0 Å². The Morgan fingerprint density at radius 3 is 2.43 bits per heavy atom. The van der Waals surface area contributed by atoms with Crippen LogP contribution in [0.1, 0.15) is 5.56 Å². The zero-order chi connectivity index (χ0) is 10.6. The third-order valence-corrected chi connectivity index (χ3v) is 1.91. The SMILES string of the molecule is NCC(Cc1ccccc1O)=C(F)F. The molecule has 0 amide bonds. The zero-order valence-electron chi connectivity index (χ0n) is 7.50. The lowest BCUT2D eigenvalue weighted by Gasteiger charge is -2.05. The Bertz CT molecular complexity index is 346. The Morgan fingerprint density at radius 2 is 1.93 bits per heavy atom. The van der Waals surface area contributed by atoms with Crippen LogP contribution in [0.5, 0.6) is 5.75 Å². The highest BCUT2D eigenvalue weighted by Gasteiger charge is 2.07. The normalized spacial score (nSPS) is 9.93. The van der Waals surface area contributed by atoms with Crippen LogP contribution >= 0.6 is 0 Å². The number of rotatable bonds is 3. The molecule has 0 bridgehead atoms. The quantitative estimate of drug-likeness (QED) is 0.782. The molecule has 0 radical (unpaired) electrons. The summed E-state index contributed by atoms with van der Waals surface area (Å²) in [5, 5.41) is 9.33. The molecule has 0 atom stereocenters. The van der Waals surface area contributed by atoms with E-state index >= 15 is 0 Å². The van der Waals surface area contributed by atoms with Crippen LogP contribution in [0.25, 0.3) is 0 Å². The molecule has 1 aromatic carbocycles. The average Bonchev–Trinajstić information content (AvgIpc) is 2.16. The van der Waals surface area contributed by atoms with E-state index in [1.165, 1.54) is 6.07 Å². The largest absolute Gasteiger partial charge is 0.508 e. The molecule has 0 saturated heterocycles. The van der Waals surface area contributed by atoms with Gasteiger partial charge in [-0.3, -0.25) is 0 Å². The van der Waals surface area contributed by atoms with Crippen molar-refractivity contribution in [3.05, 3.63) is 41.5 Å². The zero-order valence-corrected chi connectivity index (χ0v) is 7.50. The first-order valence-electron chi connectivity index (χ1n) is 4.15. The first-order chi connectivity index (χ1) is 6.65. The second-order valence-corrected chi connectivity index (χ2v) is 2.87. The predicted molar refractivity (Wildman–Crippen MR) is 50.1 cm³/mol. The summed E-state index contributed by atoms with van der Waals surface area (Å²) in [7, 11) is 0. The molecule has 0 unspecified atom stereocenters. The third-order valence-electron chi connectivity index (χ3n) is 1.91. The number of nitrogens with two attached hydrogens (primary N) is 1. The Balaban J connectivity index is 2.89. The minimum Gasteiger partial charge on any atom is -0.508 e. The maximum atomic E-state index is 12.2. The summed E-state index contributed by atoms with van der Waals surface area (Å²) in [5.74, 6) is 0.0136. The number of phenols is 1. The number of hydrogen-bond acceptors (Lipinski definition) is 2. The lowest BCUT2D eigenvalue weighted by Crippen LogP contribution is -2.06. The molecule has 2 nitrogen and oxygen atoms in total. The van der Waals surface area contributed by atoms with Crippen molar-refractivity contribution in [3.63, 3.8) is 0 Å². The second kappa shape index (κ2) is 4.72. The second-order valence-electron chi connectivity index (χ2n) is 2.87. The third kappa shape index (κ3) is 2.53. The minimum atomic E-state index is -1.77. The molecule has 4 heteroatoms. The molecule has 1 aromatic rings. The fourth-order valence-electron chi connectivity index (χ4n) is 1.11. The highest BCUT2D eigenvalue weighted by molar-refractivity contribution is 5.35. The van der Waals surface area contributed by atoms with Crippen molar-refractivity contribution in [2.24, 2.45) is 5.73 Å². The fraction of sp³-hybridized carbons (Fsp3) is 0.200. The molecular formula is C10H11F2NO. The van der Waals surface area contributed by atoms with Crippen molar-refractivity contribution in [2.45, 2.75) is 6.42 Å². The van der Waals surface area contributed by atoms with Crippen molar-refractivity contribution in [1.29, 1.82) is 0 Å². The number of benzene rings is 1. The van der Waals surface area contributed by atoms with E-state index in [1.807, 2.05) is 0 Å². The smallest absolute Gasteiger partial charge is 0.271 e. The van der Waals surface area contributed by atoms with E-state index in [0.717, 1.165) is 0 Å². The van der Waals surface area contributed by atoms with Gasteiger partial charge in [0.05, 0.1) is 0 Å². The van der Waals surface area contributed by atoms with Gasteiger partial charge in [0.2, 0.25) is 0 Å². The molecule has 1 rings (SSSR count). The summed E-state index contributed by atoms with van der Waals surface area (Å²) in [6, 6.07) is 6.36. The molecule has 0 fully saturated rings. The van der Waals surface area contributed by atoms with Crippen LogP contribution in [0.2, 0.25) is 0 Å². The molecule has 14 heavy (non-hydrogen) atoms. The maximum absolute atomic E-state index is 12.2. The highest BCUT2D eigenvalue weighted by atomic mass is 19.3. The highest BCUT2D eigenvalue weighted by Crippen LogP contribution is 2.21. The van der Waals surface area contributed by atoms with Crippen LogP contribution in [0.4, 0.5) is 8.78 Å². The standard InChI is InChI=1S/C10H11F2NO/c11-10(12)8(6-13)5-7-3-1-2-4-9(7)14/h1-4,14H,5-6,13H2. The summed E-state index contributed by atoms with van der Waals surface area (Å²) in [6.45, 7) is -0.198. The van der Waals surface area contributed by atoms with Crippen LogP contribution in [-0.2, 0) is 6.42 Å². The van der Waals surface area contributed by atoms with Gasteiger partial charge in [-0.2, -0.15) is 8.78 Å². The van der Waals surface area contributed by atoms with Crippen molar-refractivity contribution in [1.82, 2.24) is 0 Å².